The number of piperidine rings is 1. The standard InChI is InChI=1S/C14H19N5O2/c20-9-12-5-6-19(8-13(12)21)7-10-1-3-11(4-2-10)14-15-17-18-16-14/h1-4,12-13,20-21H,5-9H2,(H,15,16,17,18)/t12-,13+/m1/s1. The van der Waals surface area contributed by atoms with Crippen molar-refractivity contribution in [3.8, 4) is 11.4 Å². The van der Waals surface area contributed by atoms with Gasteiger partial charge in [0.25, 0.3) is 0 Å². The van der Waals surface area contributed by atoms with Crippen LogP contribution >= 0.6 is 0 Å². The molecule has 0 amide bonds. The Morgan fingerprint density at radius 1 is 1.29 bits per heavy atom. The molecule has 0 saturated carbocycles. The number of aliphatic hydroxyl groups is 2. The lowest BCUT2D eigenvalue weighted by Crippen LogP contribution is -2.44. The Hall–Kier alpha value is -1.83. The number of nitrogens with one attached hydrogen (secondary N) is 1. The third-order valence-electron chi connectivity index (χ3n) is 4.00. The fraction of sp³-hybridized carbons (Fsp3) is 0.500. The molecule has 112 valence electrons. The second-order valence-corrected chi connectivity index (χ2v) is 5.47. The smallest absolute Gasteiger partial charge is 0.204 e. The molecule has 1 saturated heterocycles. The monoisotopic (exact) mass is 289 g/mol. The molecule has 3 rings (SSSR count). The van der Waals surface area contributed by atoms with Gasteiger partial charge in [0, 0.05) is 31.2 Å². The van der Waals surface area contributed by atoms with Crippen LogP contribution in [-0.4, -0.2) is 61.5 Å². The highest BCUT2D eigenvalue weighted by atomic mass is 16.3. The third-order valence-corrected chi connectivity index (χ3v) is 4.00. The van der Waals surface area contributed by atoms with Crippen LogP contribution in [0.5, 0.6) is 0 Å². The first-order valence-electron chi connectivity index (χ1n) is 7.10. The van der Waals surface area contributed by atoms with E-state index in [1.54, 1.807) is 0 Å². The molecule has 7 nitrogen and oxygen atoms in total. The maximum absolute atomic E-state index is 9.96. The molecule has 3 N–H and O–H groups in total. The summed E-state index contributed by atoms with van der Waals surface area (Å²) in [6, 6.07) is 8.01. The van der Waals surface area contributed by atoms with Gasteiger partial charge in [0.05, 0.1) is 6.10 Å². The number of aliphatic hydroxyl groups excluding tert-OH is 2. The Bertz CT molecular complexity index is 557. The van der Waals surface area contributed by atoms with Crippen LogP contribution in [0.25, 0.3) is 11.4 Å². The molecule has 2 heterocycles. The van der Waals surface area contributed by atoms with E-state index in [1.807, 2.05) is 24.3 Å². The summed E-state index contributed by atoms with van der Waals surface area (Å²) in [6.45, 7) is 2.36. The van der Waals surface area contributed by atoms with Crippen molar-refractivity contribution in [2.24, 2.45) is 5.92 Å². The number of H-pyrrole nitrogens is 1. The summed E-state index contributed by atoms with van der Waals surface area (Å²) in [5.41, 5.74) is 2.10. The lowest BCUT2D eigenvalue weighted by atomic mass is 9.94. The van der Waals surface area contributed by atoms with Crippen molar-refractivity contribution in [1.29, 1.82) is 0 Å². The molecule has 0 bridgehead atoms. The predicted octanol–water partition coefficient (Wildman–Crippen LogP) is 0.0418. The Morgan fingerprint density at radius 3 is 2.71 bits per heavy atom. The van der Waals surface area contributed by atoms with Gasteiger partial charge in [0.15, 0.2) is 0 Å². The fourth-order valence-corrected chi connectivity index (χ4v) is 2.70. The minimum absolute atomic E-state index is 0.0156. The van der Waals surface area contributed by atoms with Gasteiger partial charge in [-0.2, -0.15) is 5.21 Å². The van der Waals surface area contributed by atoms with Crippen LogP contribution in [0.15, 0.2) is 24.3 Å². The second-order valence-electron chi connectivity index (χ2n) is 5.47. The van der Waals surface area contributed by atoms with Crippen molar-refractivity contribution in [2.75, 3.05) is 19.7 Å². The Balaban J connectivity index is 1.61. The molecule has 1 fully saturated rings. The first-order chi connectivity index (χ1) is 10.3. The molecule has 0 unspecified atom stereocenters. The molecule has 0 radical (unpaired) electrons. The number of rotatable bonds is 4. The summed E-state index contributed by atoms with van der Waals surface area (Å²) in [5.74, 6) is 0.600. The van der Waals surface area contributed by atoms with Crippen molar-refractivity contribution in [3.05, 3.63) is 29.8 Å². The van der Waals surface area contributed by atoms with Gasteiger partial charge in [0.2, 0.25) is 5.82 Å². The minimum Gasteiger partial charge on any atom is -0.396 e. The SMILES string of the molecule is OC[C@H]1CCN(Cc2ccc(-c3nn[nH]n3)cc2)C[C@@H]1O. The number of β-amino-alcohol motifs (C(OH)–C–C–N with tert-alkyl or cyclic N) is 1. The lowest BCUT2D eigenvalue weighted by Gasteiger charge is -2.35. The van der Waals surface area contributed by atoms with Crippen LogP contribution in [0.4, 0.5) is 0 Å². The van der Waals surface area contributed by atoms with E-state index < -0.39 is 6.10 Å². The molecule has 1 aromatic heterocycles. The molecular weight excluding hydrogens is 270 g/mol. The average Bonchev–Trinajstić information content (AvgIpc) is 3.02. The molecule has 0 aliphatic carbocycles. The van der Waals surface area contributed by atoms with Gasteiger partial charge in [-0.05, 0) is 23.7 Å². The molecule has 2 atom stereocenters. The van der Waals surface area contributed by atoms with Gasteiger partial charge < -0.3 is 10.2 Å². The number of aromatic nitrogens is 4. The van der Waals surface area contributed by atoms with Crippen molar-refractivity contribution in [2.45, 2.75) is 19.1 Å². The first-order valence-corrected chi connectivity index (χ1v) is 7.10. The summed E-state index contributed by atoms with van der Waals surface area (Å²) < 4.78 is 0. The van der Waals surface area contributed by atoms with Crippen LogP contribution in [0.1, 0.15) is 12.0 Å². The van der Waals surface area contributed by atoms with E-state index in [-0.39, 0.29) is 12.5 Å². The number of hydrogen-bond donors (Lipinski definition) is 3. The van der Waals surface area contributed by atoms with E-state index in [1.165, 1.54) is 5.56 Å². The highest BCUT2D eigenvalue weighted by Crippen LogP contribution is 2.20. The number of tetrazole rings is 1. The van der Waals surface area contributed by atoms with Crippen LogP contribution in [0.2, 0.25) is 0 Å². The van der Waals surface area contributed by atoms with E-state index in [2.05, 4.69) is 25.5 Å². The molecule has 1 aromatic carbocycles. The quantitative estimate of drug-likeness (QED) is 0.735. The molecule has 0 spiro atoms. The lowest BCUT2D eigenvalue weighted by molar-refractivity contribution is -0.00443. The Morgan fingerprint density at radius 2 is 2.10 bits per heavy atom. The maximum Gasteiger partial charge on any atom is 0.204 e. The topological polar surface area (TPSA) is 98.2 Å². The van der Waals surface area contributed by atoms with Crippen molar-refractivity contribution in [1.82, 2.24) is 25.5 Å². The summed E-state index contributed by atoms with van der Waals surface area (Å²) in [6.07, 6.45) is 0.390. The van der Waals surface area contributed by atoms with E-state index >= 15 is 0 Å². The predicted molar refractivity (Wildman–Crippen MR) is 76.1 cm³/mol. The van der Waals surface area contributed by atoms with Crippen molar-refractivity contribution < 1.29 is 10.2 Å². The molecule has 2 aromatic rings. The molecule has 7 heteroatoms. The van der Waals surface area contributed by atoms with Crippen LogP contribution in [-0.2, 0) is 6.54 Å². The van der Waals surface area contributed by atoms with Crippen molar-refractivity contribution in [3.63, 3.8) is 0 Å². The zero-order valence-corrected chi connectivity index (χ0v) is 11.7. The van der Waals surface area contributed by atoms with Gasteiger partial charge in [-0.15, -0.1) is 10.2 Å². The Kier molecular flexibility index (Phi) is 4.23. The highest BCUT2D eigenvalue weighted by Gasteiger charge is 2.26. The van der Waals surface area contributed by atoms with Crippen LogP contribution in [0.3, 0.4) is 0 Å². The molecule has 21 heavy (non-hydrogen) atoms. The first kappa shape index (κ1) is 14.1. The molecule has 1 aliphatic heterocycles. The van der Waals surface area contributed by atoms with Gasteiger partial charge in [0.1, 0.15) is 0 Å². The van der Waals surface area contributed by atoms with Gasteiger partial charge >= 0.3 is 0 Å². The largest absolute Gasteiger partial charge is 0.396 e. The molecule has 1 aliphatic rings. The summed E-state index contributed by atoms with van der Waals surface area (Å²) >= 11 is 0. The Labute approximate surface area is 122 Å². The number of hydrogen-bond acceptors (Lipinski definition) is 6. The third kappa shape index (κ3) is 3.26. The summed E-state index contributed by atoms with van der Waals surface area (Å²) in [7, 11) is 0. The maximum atomic E-state index is 9.96. The highest BCUT2D eigenvalue weighted by molar-refractivity contribution is 5.54. The van der Waals surface area contributed by atoms with Crippen molar-refractivity contribution >= 4 is 0 Å². The summed E-state index contributed by atoms with van der Waals surface area (Å²) in [5, 5.41) is 33.0. The second kappa shape index (κ2) is 6.30. The zero-order valence-electron chi connectivity index (χ0n) is 11.7. The zero-order chi connectivity index (χ0) is 14.7. The van der Waals surface area contributed by atoms with E-state index in [4.69, 9.17) is 5.11 Å². The number of nitrogens with zero attached hydrogens (tertiary/aromatic N) is 4. The van der Waals surface area contributed by atoms with Crippen LogP contribution in [0, 0.1) is 5.92 Å². The van der Waals surface area contributed by atoms with Gasteiger partial charge in [-0.25, -0.2) is 0 Å². The van der Waals surface area contributed by atoms with E-state index in [9.17, 15) is 5.11 Å². The van der Waals surface area contributed by atoms with Gasteiger partial charge in [-0.1, -0.05) is 24.3 Å². The van der Waals surface area contributed by atoms with E-state index in [0.29, 0.717) is 12.4 Å². The van der Waals surface area contributed by atoms with Gasteiger partial charge in [-0.3, -0.25) is 4.90 Å². The molecular formula is C14H19N5O2. The number of benzene rings is 1. The average molecular weight is 289 g/mol. The number of likely N-dealkylation sites (tertiary alicyclic amines) is 1. The fourth-order valence-electron chi connectivity index (χ4n) is 2.70. The normalized spacial score (nSPS) is 23.3. The number of aromatic amines is 1. The van der Waals surface area contributed by atoms with Crippen LogP contribution < -0.4 is 0 Å². The van der Waals surface area contributed by atoms with E-state index in [0.717, 1.165) is 25.1 Å². The minimum atomic E-state index is -0.442. The summed E-state index contributed by atoms with van der Waals surface area (Å²) in [4.78, 5) is 2.21.